The topological polar surface area (TPSA) is 94.1 Å². The number of halogens is 2. The Labute approximate surface area is 124 Å². The van der Waals surface area contributed by atoms with Crippen molar-refractivity contribution in [2.24, 2.45) is 0 Å². The summed E-state index contributed by atoms with van der Waals surface area (Å²) in [6.45, 7) is -1.82. The molecule has 1 aromatic rings. The van der Waals surface area contributed by atoms with Crippen molar-refractivity contribution in [3.05, 3.63) is 17.7 Å². The van der Waals surface area contributed by atoms with E-state index in [1.807, 2.05) is 0 Å². The van der Waals surface area contributed by atoms with E-state index in [9.17, 15) is 18.4 Å². The van der Waals surface area contributed by atoms with Gasteiger partial charge in [0, 0.05) is 5.56 Å². The number of hydrogen-bond donors (Lipinski definition) is 2. The highest BCUT2D eigenvalue weighted by Crippen LogP contribution is 2.39. The number of nitrogens with one attached hydrogen (secondary N) is 1. The number of carbonyl (C=O) groups excluding carboxylic acids is 1. The summed E-state index contributed by atoms with van der Waals surface area (Å²) < 4.78 is 38.9. The lowest BCUT2D eigenvalue weighted by molar-refractivity contribution is -0.138. The van der Waals surface area contributed by atoms with Crippen LogP contribution in [-0.2, 0) is 4.79 Å². The fourth-order valence-corrected chi connectivity index (χ4v) is 1.56. The molecule has 22 heavy (non-hydrogen) atoms. The molecule has 0 aliphatic heterocycles. The van der Waals surface area contributed by atoms with Crippen LogP contribution in [-0.4, -0.2) is 43.9 Å². The lowest BCUT2D eigenvalue weighted by Crippen LogP contribution is -2.38. The third-order valence-corrected chi connectivity index (χ3v) is 2.65. The Balaban J connectivity index is 3.17. The molecule has 0 fully saturated rings. The summed E-state index contributed by atoms with van der Waals surface area (Å²) in [5, 5.41) is 11.0. The van der Waals surface area contributed by atoms with E-state index in [0.29, 0.717) is 0 Å². The average Bonchev–Trinajstić information content (AvgIpc) is 2.46. The number of amides is 1. The fourth-order valence-electron chi connectivity index (χ4n) is 1.56. The second-order valence-corrected chi connectivity index (χ2v) is 4.12. The van der Waals surface area contributed by atoms with Crippen molar-refractivity contribution < 1.29 is 37.7 Å². The summed E-state index contributed by atoms with van der Waals surface area (Å²) >= 11 is 0. The average molecular weight is 319 g/mol. The van der Waals surface area contributed by atoms with Gasteiger partial charge in [-0.3, -0.25) is 9.59 Å². The molecular formula is C13H15F2NO6. The number of benzene rings is 1. The number of carbonyl (C=O) groups is 2. The molecule has 0 bridgehead atoms. The summed E-state index contributed by atoms with van der Waals surface area (Å²) in [6, 6.07) is 1.16. The van der Waals surface area contributed by atoms with Gasteiger partial charge in [-0.25, -0.2) is 0 Å². The Morgan fingerprint density at radius 3 is 2.05 bits per heavy atom. The van der Waals surface area contributed by atoms with Crippen molar-refractivity contribution >= 4 is 11.9 Å². The van der Waals surface area contributed by atoms with Crippen LogP contribution in [0.1, 0.15) is 17.3 Å². The van der Waals surface area contributed by atoms with E-state index in [2.05, 4.69) is 10.1 Å². The molecule has 9 heteroatoms. The molecule has 0 aliphatic carbocycles. The van der Waals surface area contributed by atoms with E-state index in [0.717, 1.165) is 12.1 Å². The minimum atomic E-state index is -3.10. The molecule has 0 radical (unpaired) electrons. The molecule has 0 aliphatic rings. The smallest absolute Gasteiger partial charge is 0.387 e. The normalized spacial score (nSPS) is 11.7. The lowest BCUT2D eigenvalue weighted by Gasteiger charge is -2.16. The Hall–Kier alpha value is -2.58. The van der Waals surface area contributed by atoms with Crippen LogP contribution in [0.4, 0.5) is 8.78 Å². The Morgan fingerprint density at radius 2 is 1.68 bits per heavy atom. The summed E-state index contributed by atoms with van der Waals surface area (Å²) in [7, 11) is 2.41. The quantitative estimate of drug-likeness (QED) is 0.791. The third kappa shape index (κ3) is 4.21. The van der Waals surface area contributed by atoms with Gasteiger partial charge >= 0.3 is 12.6 Å². The van der Waals surface area contributed by atoms with Crippen molar-refractivity contribution in [1.29, 1.82) is 0 Å². The maximum absolute atomic E-state index is 12.4. The second-order valence-electron chi connectivity index (χ2n) is 4.12. The molecular weight excluding hydrogens is 304 g/mol. The number of rotatable bonds is 7. The predicted octanol–water partition coefficient (Wildman–Crippen LogP) is 1.51. The van der Waals surface area contributed by atoms with Crippen LogP contribution in [0.15, 0.2) is 12.1 Å². The van der Waals surface area contributed by atoms with E-state index in [1.54, 1.807) is 0 Å². The molecule has 0 aromatic heterocycles. The zero-order valence-corrected chi connectivity index (χ0v) is 12.1. The summed E-state index contributed by atoms with van der Waals surface area (Å²) in [5.74, 6) is -2.59. The predicted molar refractivity (Wildman–Crippen MR) is 70.7 cm³/mol. The van der Waals surface area contributed by atoms with Gasteiger partial charge in [0.1, 0.15) is 6.04 Å². The maximum Gasteiger partial charge on any atom is 0.387 e. The first kappa shape index (κ1) is 17.5. The van der Waals surface area contributed by atoms with Gasteiger partial charge in [-0.05, 0) is 19.1 Å². The highest BCUT2D eigenvalue weighted by Gasteiger charge is 2.22. The Morgan fingerprint density at radius 1 is 1.18 bits per heavy atom. The van der Waals surface area contributed by atoms with Crippen LogP contribution in [0.25, 0.3) is 0 Å². The van der Waals surface area contributed by atoms with Crippen molar-refractivity contribution in [1.82, 2.24) is 5.32 Å². The van der Waals surface area contributed by atoms with E-state index in [-0.39, 0.29) is 22.8 Å². The maximum atomic E-state index is 12.4. The van der Waals surface area contributed by atoms with Gasteiger partial charge in [-0.1, -0.05) is 0 Å². The SMILES string of the molecule is COc1cc(C(=O)N[C@H](C)C(=O)O)cc(OC)c1OC(F)F. The fraction of sp³-hybridized carbons (Fsp3) is 0.385. The van der Waals surface area contributed by atoms with Crippen molar-refractivity contribution in [3.63, 3.8) is 0 Å². The highest BCUT2D eigenvalue weighted by atomic mass is 19.3. The zero-order chi connectivity index (χ0) is 16.9. The van der Waals surface area contributed by atoms with Crippen molar-refractivity contribution in [2.75, 3.05) is 14.2 Å². The van der Waals surface area contributed by atoms with Gasteiger partial charge in [0.25, 0.3) is 5.91 Å². The molecule has 1 aromatic carbocycles. The molecule has 7 nitrogen and oxygen atoms in total. The van der Waals surface area contributed by atoms with Gasteiger partial charge in [0.2, 0.25) is 5.75 Å². The number of carboxylic acid groups (broad SMARTS) is 1. The van der Waals surface area contributed by atoms with E-state index in [1.165, 1.54) is 21.1 Å². The van der Waals surface area contributed by atoms with Gasteiger partial charge in [0.05, 0.1) is 14.2 Å². The van der Waals surface area contributed by atoms with Crippen molar-refractivity contribution in [3.8, 4) is 17.2 Å². The first-order valence-corrected chi connectivity index (χ1v) is 6.04. The molecule has 1 amide bonds. The number of alkyl halides is 2. The molecule has 1 atom stereocenters. The van der Waals surface area contributed by atoms with Gasteiger partial charge in [-0.2, -0.15) is 8.78 Å². The van der Waals surface area contributed by atoms with Crippen molar-refractivity contribution in [2.45, 2.75) is 19.6 Å². The molecule has 0 saturated carbocycles. The van der Waals surface area contributed by atoms with Gasteiger partial charge < -0.3 is 24.6 Å². The van der Waals surface area contributed by atoms with Crippen LogP contribution >= 0.6 is 0 Å². The van der Waals surface area contributed by atoms with Crippen LogP contribution in [0, 0.1) is 0 Å². The first-order valence-electron chi connectivity index (χ1n) is 6.04. The van der Waals surface area contributed by atoms with E-state index < -0.39 is 24.5 Å². The Kier molecular flexibility index (Phi) is 5.90. The molecule has 1 rings (SSSR count). The van der Waals surface area contributed by atoms with Gasteiger partial charge in [0.15, 0.2) is 11.5 Å². The lowest BCUT2D eigenvalue weighted by atomic mass is 10.1. The molecule has 0 saturated heterocycles. The first-order chi connectivity index (χ1) is 10.3. The monoisotopic (exact) mass is 319 g/mol. The minimum Gasteiger partial charge on any atom is -0.493 e. The molecule has 0 unspecified atom stereocenters. The molecule has 122 valence electrons. The van der Waals surface area contributed by atoms with Crippen LogP contribution in [0.5, 0.6) is 17.2 Å². The third-order valence-electron chi connectivity index (χ3n) is 2.65. The largest absolute Gasteiger partial charge is 0.493 e. The molecule has 0 spiro atoms. The summed E-state index contributed by atoms with van der Waals surface area (Å²) in [6.07, 6.45) is 0. The molecule has 0 heterocycles. The second kappa shape index (κ2) is 7.43. The van der Waals surface area contributed by atoms with E-state index in [4.69, 9.17) is 14.6 Å². The molecule has 2 N–H and O–H groups in total. The summed E-state index contributed by atoms with van der Waals surface area (Å²) in [5.41, 5.74) is -0.0246. The number of ether oxygens (including phenoxy) is 3. The van der Waals surface area contributed by atoms with Crippen LogP contribution < -0.4 is 19.5 Å². The Bertz CT molecular complexity index is 538. The number of hydrogen-bond acceptors (Lipinski definition) is 5. The standard InChI is InChI=1S/C13H15F2NO6/c1-6(12(18)19)16-11(17)7-4-8(20-2)10(22-13(14)15)9(5-7)21-3/h4-6,13H,1-3H3,(H,16,17)(H,18,19)/t6-/m1/s1. The zero-order valence-electron chi connectivity index (χ0n) is 12.1. The number of aliphatic carboxylic acids is 1. The number of carboxylic acids is 1. The van der Waals surface area contributed by atoms with Crippen LogP contribution in [0.2, 0.25) is 0 Å². The van der Waals surface area contributed by atoms with Crippen LogP contribution in [0.3, 0.4) is 0 Å². The highest BCUT2D eigenvalue weighted by molar-refractivity contribution is 5.97. The van der Waals surface area contributed by atoms with Gasteiger partial charge in [-0.15, -0.1) is 0 Å². The number of methoxy groups -OCH3 is 2. The minimum absolute atomic E-state index is 0.0246. The van der Waals surface area contributed by atoms with E-state index >= 15 is 0 Å². The summed E-state index contributed by atoms with van der Waals surface area (Å²) in [4.78, 5) is 22.7.